The van der Waals surface area contributed by atoms with E-state index < -0.39 is 15.9 Å². The minimum Gasteiger partial charge on any atom is -0.296 e. The summed E-state index contributed by atoms with van der Waals surface area (Å²) in [5, 5.41) is 12.2. The molecule has 2 aromatic rings. The van der Waals surface area contributed by atoms with E-state index in [9.17, 15) is 13.2 Å². The van der Waals surface area contributed by atoms with Gasteiger partial charge in [0.1, 0.15) is 5.01 Å². The van der Waals surface area contributed by atoms with Crippen LogP contribution in [0.1, 0.15) is 67.7 Å². The molecule has 0 fully saturated rings. The standard InChI is InChI=1S/C18H26N4O3S2/c1-4-7-11-19-27(24,25)15-10-8-9-14(12-15)16(23)20-18-22-21-17(26-18)13(5-2)6-3/h8-10,12-13,19H,4-7,11H2,1-3H3,(H,20,22,23). The Morgan fingerprint density at radius 1 is 1.19 bits per heavy atom. The van der Waals surface area contributed by atoms with E-state index in [0.717, 1.165) is 30.7 Å². The Labute approximate surface area is 164 Å². The van der Waals surface area contributed by atoms with Gasteiger partial charge >= 0.3 is 0 Å². The number of carbonyl (C=O) groups is 1. The van der Waals surface area contributed by atoms with Crippen molar-refractivity contribution in [3.63, 3.8) is 0 Å². The van der Waals surface area contributed by atoms with Crippen LogP contribution in [0.15, 0.2) is 29.2 Å². The molecular weight excluding hydrogens is 384 g/mol. The fourth-order valence-corrected chi connectivity index (χ4v) is 4.65. The average molecular weight is 411 g/mol. The highest BCUT2D eigenvalue weighted by Crippen LogP contribution is 2.28. The van der Waals surface area contributed by atoms with Crippen LogP contribution in [0, 0.1) is 0 Å². The molecule has 2 rings (SSSR count). The molecule has 0 atom stereocenters. The zero-order valence-corrected chi connectivity index (χ0v) is 17.5. The van der Waals surface area contributed by atoms with Gasteiger partial charge in [-0.2, -0.15) is 0 Å². The summed E-state index contributed by atoms with van der Waals surface area (Å²) in [5.41, 5.74) is 0.257. The molecule has 27 heavy (non-hydrogen) atoms. The molecule has 148 valence electrons. The van der Waals surface area contributed by atoms with Crippen LogP contribution >= 0.6 is 11.3 Å². The first-order chi connectivity index (χ1) is 12.9. The fourth-order valence-electron chi connectivity index (χ4n) is 2.53. The maximum absolute atomic E-state index is 12.5. The van der Waals surface area contributed by atoms with Crippen LogP contribution in [0.3, 0.4) is 0 Å². The summed E-state index contributed by atoms with van der Waals surface area (Å²) in [7, 11) is -3.63. The molecule has 0 saturated heterocycles. The van der Waals surface area contributed by atoms with E-state index in [-0.39, 0.29) is 10.5 Å². The molecule has 1 amide bonds. The molecule has 1 aromatic heterocycles. The Morgan fingerprint density at radius 3 is 2.59 bits per heavy atom. The summed E-state index contributed by atoms with van der Waals surface area (Å²) < 4.78 is 27.2. The summed E-state index contributed by atoms with van der Waals surface area (Å²) in [6.45, 7) is 6.54. The number of unbranched alkanes of at least 4 members (excludes halogenated alkanes) is 1. The van der Waals surface area contributed by atoms with Crippen molar-refractivity contribution in [2.24, 2.45) is 0 Å². The molecule has 0 radical (unpaired) electrons. The van der Waals surface area contributed by atoms with Crippen LogP contribution in [0.5, 0.6) is 0 Å². The number of hydrogen-bond acceptors (Lipinski definition) is 6. The number of benzene rings is 1. The molecule has 0 unspecified atom stereocenters. The average Bonchev–Trinajstić information content (AvgIpc) is 3.11. The van der Waals surface area contributed by atoms with Crippen molar-refractivity contribution in [2.75, 3.05) is 11.9 Å². The second-order valence-corrected chi connectivity index (χ2v) is 8.97. The van der Waals surface area contributed by atoms with Crippen LogP contribution in [0.4, 0.5) is 5.13 Å². The summed E-state index contributed by atoms with van der Waals surface area (Å²) in [4.78, 5) is 12.6. The first-order valence-corrected chi connectivity index (χ1v) is 11.5. The van der Waals surface area contributed by atoms with E-state index in [1.807, 2.05) is 6.92 Å². The lowest BCUT2D eigenvalue weighted by molar-refractivity contribution is 0.102. The van der Waals surface area contributed by atoms with Gasteiger partial charge in [-0.05, 0) is 37.5 Å². The number of rotatable bonds is 10. The molecule has 7 nitrogen and oxygen atoms in total. The van der Waals surface area contributed by atoms with Gasteiger partial charge in [-0.3, -0.25) is 10.1 Å². The maximum Gasteiger partial charge on any atom is 0.257 e. The van der Waals surface area contributed by atoms with E-state index in [1.165, 1.54) is 23.5 Å². The third-order valence-electron chi connectivity index (χ3n) is 4.22. The van der Waals surface area contributed by atoms with E-state index in [1.54, 1.807) is 12.1 Å². The van der Waals surface area contributed by atoms with Gasteiger partial charge in [0.2, 0.25) is 15.2 Å². The molecule has 1 aromatic carbocycles. The van der Waals surface area contributed by atoms with E-state index in [0.29, 0.717) is 17.6 Å². The van der Waals surface area contributed by atoms with Gasteiger partial charge in [-0.15, -0.1) is 10.2 Å². The number of hydrogen-bond donors (Lipinski definition) is 2. The number of nitrogens with zero attached hydrogens (tertiary/aromatic N) is 2. The highest BCUT2D eigenvalue weighted by Gasteiger charge is 2.18. The van der Waals surface area contributed by atoms with Crippen LogP contribution in [0.2, 0.25) is 0 Å². The van der Waals surface area contributed by atoms with Crippen molar-refractivity contribution in [1.29, 1.82) is 0 Å². The normalized spacial score (nSPS) is 11.7. The van der Waals surface area contributed by atoms with E-state index in [4.69, 9.17) is 0 Å². The number of sulfonamides is 1. The first kappa shape index (κ1) is 21.5. The van der Waals surface area contributed by atoms with Crippen LogP contribution in [-0.2, 0) is 10.0 Å². The predicted molar refractivity (Wildman–Crippen MR) is 108 cm³/mol. The highest BCUT2D eigenvalue weighted by molar-refractivity contribution is 7.89. The van der Waals surface area contributed by atoms with Crippen LogP contribution < -0.4 is 10.0 Å². The van der Waals surface area contributed by atoms with Crippen LogP contribution in [-0.4, -0.2) is 31.1 Å². The maximum atomic E-state index is 12.5. The van der Waals surface area contributed by atoms with Crippen molar-refractivity contribution in [1.82, 2.24) is 14.9 Å². The van der Waals surface area contributed by atoms with Gasteiger partial charge in [-0.25, -0.2) is 13.1 Å². The SMILES string of the molecule is CCCCNS(=O)(=O)c1cccc(C(=O)Nc2nnc(C(CC)CC)s2)c1. The van der Waals surface area contributed by atoms with Gasteiger partial charge < -0.3 is 0 Å². The van der Waals surface area contributed by atoms with Gasteiger partial charge in [-0.1, -0.05) is 44.6 Å². The quantitative estimate of drug-likeness (QED) is 0.581. The molecule has 2 N–H and O–H groups in total. The second kappa shape index (κ2) is 9.91. The number of amides is 1. The number of anilines is 1. The Morgan fingerprint density at radius 2 is 1.93 bits per heavy atom. The molecule has 0 aliphatic carbocycles. The van der Waals surface area contributed by atoms with Crippen molar-refractivity contribution in [3.8, 4) is 0 Å². The van der Waals surface area contributed by atoms with Crippen molar-refractivity contribution < 1.29 is 13.2 Å². The van der Waals surface area contributed by atoms with Gasteiger partial charge in [0.05, 0.1) is 4.90 Å². The van der Waals surface area contributed by atoms with Gasteiger partial charge in [0, 0.05) is 18.0 Å². The molecule has 0 spiro atoms. The van der Waals surface area contributed by atoms with Crippen LogP contribution in [0.25, 0.3) is 0 Å². The fraction of sp³-hybridized carbons (Fsp3) is 0.500. The first-order valence-electron chi connectivity index (χ1n) is 9.15. The monoisotopic (exact) mass is 410 g/mol. The lowest BCUT2D eigenvalue weighted by atomic mass is 10.1. The van der Waals surface area contributed by atoms with Crippen molar-refractivity contribution in [3.05, 3.63) is 34.8 Å². The summed E-state index contributed by atoms with van der Waals surface area (Å²) in [5.74, 6) is -0.0799. The third-order valence-corrected chi connectivity index (χ3v) is 6.68. The van der Waals surface area contributed by atoms with Crippen molar-refractivity contribution >= 4 is 32.4 Å². The molecule has 1 heterocycles. The Bertz CT molecular complexity index is 861. The summed E-state index contributed by atoms with van der Waals surface area (Å²) >= 11 is 1.35. The topological polar surface area (TPSA) is 101 Å². The molecule has 9 heteroatoms. The zero-order chi connectivity index (χ0) is 19.9. The third kappa shape index (κ3) is 5.82. The predicted octanol–water partition coefficient (Wildman–Crippen LogP) is 3.77. The van der Waals surface area contributed by atoms with E-state index >= 15 is 0 Å². The number of carbonyl (C=O) groups excluding carboxylic acids is 1. The minimum absolute atomic E-state index is 0.0706. The zero-order valence-electron chi connectivity index (χ0n) is 15.9. The second-order valence-electron chi connectivity index (χ2n) is 6.19. The Balaban J connectivity index is 2.11. The number of aromatic nitrogens is 2. The molecule has 0 aliphatic rings. The lowest BCUT2D eigenvalue weighted by Crippen LogP contribution is -2.25. The van der Waals surface area contributed by atoms with Gasteiger partial charge in [0.15, 0.2) is 0 Å². The smallest absolute Gasteiger partial charge is 0.257 e. The number of nitrogens with one attached hydrogen (secondary N) is 2. The Kier molecular flexibility index (Phi) is 7.88. The van der Waals surface area contributed by atoms with Gasteiger partial charge in [0.25, 0.3) is 5.91 Å². The van der Waals surface area contributed by atoms with E-state index in [2.05, 4.69) is 34.1 Å². The summed E-state index contributed by atoms with van der Waals surface area (Å²) in [6, 6.07) is 5.97. The largest absolute Gasteiger partial charge is 0.296 e. The lowest BCUT2D eigenvalue weighted by Gasteiger charge is -2.08. The minimum atomic E-state index is -3.63. The molecule has 0 bridgehead atoms. The molecule has 0 aliphatic heterocycles. The highest BCUT2D eigenvalue weighted by atomic mass is 32.2. The molecule has 0 saturated carbocycles. The molecular formula is C18H26N4O3S2. The summed E-state index contributed by atoms with van der Waals surface area (Å²) in [6.07, 6.45) is 3.58. The van der Waals surface area contributed by atoms with Crippen molar-refractivity contribution in [2.45, 2.75) is 57.3 Å². The Hall–Kier alpha value is -1.84.